The van der Waals surface area contributed by atoms with Gasteiger partial charge in [0.25, 0.3) is 11.1 Å². The number of halogens is 3. The van der Waals surface area contributed by atoms with Crippen molar-refractivity contribution in [1.29, 1.82) is 0 Å². The summed E-state index contributed by atoms with van der Waals surface area (Å²) in [7, 11) is 2.61. The Morgan fingerprint density at radius 3 is 1.57 bits per heavy atom. The average molecular weight is 1040 g/mol. The van der Waals surface area contributed by atoms with Crippen LogP contribution in [0.5, 0.6) is 0 Å². The highest BCUT2D eigenvalue weighted by atomic mass is 35.5. The first-order chi connectivity index (χ1) is 32.6. The number of rotatable bonds is 10. The van der Waals surface area contributed by atoms with Crippen molar-refractivity contribution in [2.75, 3.05) is 90.1 Å². The molecule has 19 heteroatoms. The van der Waals surface area contributed by atoms with Gasteiger partial charge in [-0.15, -0.1) is 22.7 Å². The number of nitrogens with one attached hydrogen (secondary N) is 1. The lowest BCUT2D eigenvalue weighted by atomic mass is 9.98. The number of hydrogen-bond acceptors (Lipinski definition) is 13. The number of thiophene rings is 2. The number of morpholine rings is 2. The Hall–Kier alpha value is -5.43. The van der Waals surface area contributed by atoms with Gasteiger partial charge in [-0.2, -0.15) is 0 Å². The van der Waals surface area contributed by atoms with Crippen LogP contribution in [0.3, 0.4) is 0 Å². The average Bonchev–Trinajstić information content (AvgIpc) is 3.96. The van der Waals surface area contributed by atoms with E-state index in [1.54, 1.807) is 70.5 Å². The summed E-state index contributed by atoms with van der Waals surface area (Å²) in [5.41, 5.74) is 1.29. The molecule has 2 aliphatic heterocycles. The molecule has 368 valence electrons. The zero-order chi connectivity index (χ0) is 50.9. The molecule has 2 aliphatic rings. The Labute approximate surface area is 426 Å². The molecule has 0 radical (unpaired) electrons. The second-order valence-electron chi connectivity index (χ2n) is 17.2. The standard InChI is InChI=1S/C25H27ClN2O5S.C18H24N2O4S.C7H4Cl2O/c1-25(2,3)10-9-19-15-20(22(34-19)24(31)32-4)28(16-21(29)27-11-13-33-14-12-27)23(30)17-5-7-18(26)8-6-17;1-18(2,3)6-5-13-11-14(16(25-13)17(22)23-4)19-12-15(21)20-7-9-24-10-8-20;8-6-3-1-5(2-4-6)7(9)10/h5-8,15H,11-14,16H2,1-4H3;11,19H,7-10,12H2,1-4H3;1-4H. The number of carbonyl (C=O) groups excluding carboxylic acids is 6. The Bertz CT molecular complexity index is 2570. The third kappa shape index (κ3) is 18.4. The van der Waals surface area contributed by atoms with Crippen LogP contribution in [0.4, 0.5) is 11.4 Å². The zero-order valence-corrected chi connectivity index (χ0v) is 43.6. The van der Waals surface area contributed by atoms with Crippen LogP contribution in [-0.2, 0) is 28.5 Å². The molecule has 2 fully saturated rings. The Morgan fingerprint density at radius 1 is 0.667 bits per heavy atom. The lowest BCUT2D eigenvalue weighted by molar-refractivity contribution is -0.134. The van der Waals surface area contributed by atoms with Crippen molar-refractivity contribution in [3.05, 3.63) is 101 Å². The Morgan fingerprint density at radius 2 is 1.10 bits per heavy atom. The number of ether oxygens (including phenoxy) is 4. The Balaban J connectivity index is 0.000000258. The van der Waals surface area contributed by atoms with Gasteiger partial charge in [0.05, 0.1) is 68.3 Å². The maximum absolute atomic E-state index is 13.6. The zero-order valence-electron chi connectivity index (χ0n) is 39.7. The van der Waals surface area contributed by atoms with Crippen molar-refractivity contribution in [3.8, 4) is 23.7 Å². The molecule has 0 saturated carbocycles. The van der Waals surface area contributed by atoms with Crippen LogP contribution in [0.1, 0.15) is 91.4 Å². The highest BCUT2D eigenvalue weighted by Crippen LogP contribution is 2.33. The number of methoxy groups -OCH3 is 2. The monoisotopic (exact) mass is 1040 g/mol. The van der Waals surface area contributed by atoms with Crippen LogP contribution in [0.2, 0.25) is 10.0 Å². The molecule has 6 rings (SSSR count). The number of nitrogens with zero attached hydrogens (tertiary/aromatic N) is 3. The minimum absolute atomic E-state index is 0.0207. The molecule has 69 heavy (non-hydrogen) atoms. The fourth-order valence-electron chi connectivity index (χ4n) is 5.95. The number of carbonyl (C=O) groups is 6. The van der Waals surface area contributed by atoms with Gasteiger partial charge >= 0.3 is 11.9 Å². The minimum Gasteiger partial charge on any atom is -0.465 e. The molecule has 3 amide bonds. The van der Waals surface area contributed by atoms with Crippen LogP contribution in [0.25, 0.3) is 0 Å². The van der Waals surface area contributed by atoms with Crippen molar-refractivity contribution in [3.63, 3.8) is 0 Å². The summed E-state index contributed by atoms with van der Waals surface area (Å²) in [5.74, 6) is 10.7. The molecule has 0 unspecified atom stereocenters. The van der Waals surface area contributed by atoms with Gasteiger partial charge in [-0.25, -0.2) is 9.59 Å². The van der Waals surface area contributed by atoms with Crippen molar-refractivity contribution < 1.29 is 47.7 Å². The normalized spacial score (nSPS) is 13.3. The molecule has 1 N–H and O–H groups in total. The molecule has 4 aromatic rings. The SMILES string of the molecule is COC(=O)c1sc(C#CC(C)(C)C)cc1N(CC(=O)N1CCOCC1)C(=O)c1ccc(Cl)cc1.COC(=O)c1sc(C#CC(C)(C)C)cc1NCC(=O)N1CCOCC1.O=C(Cl)c1ccc(Cl)cc1. The highest BCUT2D eigenvalue weighted by molar-refractivity contribution is 7.15. The van der Waals surface area contributed by atoms with Crippen LogP contribution in [-0.4, -0.2) is 125 Å². The summed E-state index contributed by atoms with van der Waals surface area (Å²) in [6.45, 7) is 16.0. The largest absolute Gasteiger partial charge is 0.465 e. The first kappa shape index (κ1) is 56.2. The van der Waals surface area contributed by atoms with Gasteiger partial charge in [-0.05, 0) is 114 Å². The molecule has 2 aromatic carbocycles. The maximum Gasteiger partial charge on any atom is 0.350 e. The highest BCUT2D eigenvalue weighted by Gasteiger charge is 2.30. The molecular formula is C50H55Cl3N4O10S2. The summed E-state index contributed by atoms with van der Waals surface area (Å²) in [6, 6.07) is 16.2. The van der Waals surface area contributed by atoms with Crippen molar-refractivity contribution in [2.24, 2.45) is 10.8 Å². The van der Waals surface area contributed by atoms with Gasteiger partial charge in [0.1, 0.15) is 16.3 Å². The third-order valence-corrected chi connectivity index (χ3v) is 12.2. The van der Waals surface area contributed by atoms with E-state index in [0.29, 0.717) is 89.2 Å². The number of esters is 2. The summed E-state index contributed by atoms with van der Waals surface area (Å²) in [6.07, 6.45) is 0. The van der Waals surface area contributed by atoms with E-state index in [9.17, 15) is 28.8 Å². The minimum atomic E-state index is -0.600. The second kappa shape index (κ2) is 26.5. The molecule has 0 aliphatic carbocycles. The van der Waals surface area contributed by atoms with Gasteiger partial charge in [-0.3, -0.25) is 24.1 Å². The van der Waals surface area contributed by atoms with E-state index in [-0.39, 0.29) is 46.3 Å². The van der Waals surface area contributed by atoms with Crippen molar-refractivity contribution in [2.45, 2.75) is 41.5 Å². The summed E-state index contributed by atoms with van der Waals surface area (Å²) in [5, 5.41) is 3.67. The molecule has 0 bridgehead atoms. The first-order valence-corrected chi connectivity index (χ1v) is 24.3. The lowest BCUT2D eigenvalue weighted by Gasteiger charge is -2.30. The summed E-state index contributed by atoms with van der Waals surface area (Å²) in [4.78, 5) is 80.7. The smallest absolute Gasteiger partial charge is 0.350 e. The van der Waals surface area contributed by atoms with Gasteiger partial charge < -0.3 is 34.1 Å². The fraction of sp³-hybridized carbons (Fsp3) is 0.400. The quantitative estimate of drug-likeness (QED) is 0.0917. The molecule has 14 nitrogen and oxygen atoms in total. The van der Waals surface area contributed by atoms with Gasteiger partial charge in [-0.1, -0.05) is 46.9 Å². The number of amides is 3. The molecule has 0 spiro atoms. The van der Waals surface area contributed by atoms with Crippen LogP contribution < -0.4 is 10.2 Å². The van der Waals surface area contributed by atoms with Gasteiger partial charge in [0.2, 0.25) is 11.8 Å². The van der Waals surface area contributed by atoms with E-state index in [0.717, 1.165) is 16.2 Å². The molecule has 2 aromatic heterocycles. The topological polar surface area (TPSA) is 161 Å². The van der Waals surface area contributed by atoms with E-state index >= 15 is 0 Å². The number of hydrogen-bond donors (Lipinski definition) is 1. The van der Waals surface area contributed by atoms with Crippen molar-refractivity contribution >= 4 is 104 Å². The summed E-state index contributed by atoms with van der Waals surface area (Å²) < 4.78 is 20.4. The second-order valence-corrected chi connectivity index (χ2v) is 20.5. The predicted molar refractivity (Wildman–Crippen MR) is 272 cm³/mol. The first-order valence-electron chi connectivity index (χ1n) is 21.6. The van der Waals surface area contributed by atoms with Crippen LogP contribution in [0, 0.1) is 34.5 Å². The Kier molecular flexibility index (Phi) is 21.6. The van der Waals surface area contributed by atoms with Crippen LogP contribution >= 0.6 is 57.5 Å². The van der Waals surface area contributed by atoms with E-state index in [1.807, 2.05) is 41.5 Å². The third-order valence-electron chi connectivity index (χ3n) is 9.46. The van der Waals surface area contributed by atoms with E-state index in [4.69, 9.17) is 53.8 Å². The van der Waals surface area contributed by atoms with Gasteiger partial charge in [0, 0.05) is 58.2 Å². The van der Waals surface area contributed by atoms with E-state index in [2.05, 4.69) is 29.0 Å². The number of benzene rings is 2. The molecular weight excluding hydrogens is 987 g/mol. The molecule has 2 saturated heterocycles. The molecule has 4 heterocycles. The maximum atomic E-state index is 13.6. The van der Waals surface area contributed by atoms with Crippen LogP contribution in [0.15, 0.2) is 60.7 Å². The van der Waals surface area contributed by atoms with E-state index < -0.39 is 23.1 Å². The molecule has 0 atom stereocenters. The number of anilines is 2. The summed E-state index contributed by atoms with van der Waals surface area (Å²) >= 11 is 19.1. The van der Waals surface area contributed by atoms with Gasteiger partial charge in [0.15, 0.2) is 0 Å². The fourth-order valence-corrected chi connectivity index (χ4v) is 8.17. The lowest BCUT2D eigenvalue weighted by Crippen LogP contribution is -2.47. The van der Waals surface area contributed by atoms with Crippen molar-refractivity contribution in [1.82, 2.24) is 9.80 Å². The van der Waals surface area contributed by atoms with E-state index in [1.165, 1.54) is 30.5 Å². The predicted octanol–water partition coefficient (Wildman–Crippen LogP) is 9.01.